The number of aromatic nitrogens is 4. The summed E-state index contributed by atoms with van der Waals surface area (Å²) in [5.74, 6) is 1.29. The Bertz CT molecular complexity index is 1010. The molecular weight excluding hydrogens is 322 g/mol. The Kier molecular flexibility index (Phi) is 4.35. The van der Waals surface area contributed by atoms with E-state index in [0.29, 0.717) is 12.5 Å². The van der Waals surface area contributed by atoms with E-state index < -0.39 is 0 Å². The molecule has 0 saturated heterocycles. The number of pyridine rings is 1. The highest BCUT2D eigenvalue weighted by molar-refractivity contribution is 5.68. The number of nitrogens with one attached hydrogen (secondary N) is 1. The minimum Gasteiger partial charge on any atom is -0.366 e. The fourth-order valence-electron chi connectivity index (χ4n) is 2.96. The minimum absolute atomic E-state index is 0.360. The third-order valence-electron chi connectivity index (χ3n) is 4.41. The lowest BCUT2D eigenvalue weighted by Crippen LogP contribution is -2.07. The van der Waals surface area contributed by atoms with Crippen LogP contribution in [0.15, 0.2) is 67.1 Å². The first-order valence-electron chi connectivity index (χ1n) is 8.79. The molecule has 3 heterocycles. The van der Waals surface area contributed by atoms with Crippen molar-refractivity contribution in [1.29, 1.82) is 0 Å². The molecule has 1 N–H and O–H groups in total. The van der Waals surface area contributed by atoms with Crippen molar-refractivity contribution in [1.82, 2.24) is 19.6 Å². The molecule has 26 heavy (non-hydrogen) atoms. The first-order chi connectivity index (χ1) is 12.7. The summed E-state index contributed by atoms with van der Waals surface area (Å²) in [6.45, 7) is 5.03. The summed E-state index contributed by atoms with van der Waals surface area (Å²) in [5.41, 5.74) is 5.26. The molecular formula is C21H21N5. The smallest absolute Gasteiger partial charge is 0.161 e. The Balaban J connectivity index is 1.79. The van der Waals surface area contributed by atoms with Gasteiger partial charge in [0.15, 0.2) is 5.65 Å². The van der Waals surface area contributed by atoms with Gasteiger partial charge in [0, 0.05) is 36.1 Å². The maximum absolute atomic E-state index is 4.89. The largest absolute Gasteiger partial charge is 0.366 e. The topological polar surface area (TPSA) is 55.1 Å². The molecule has 0 amide bonds. The quantitative estimate of drug-likeness (QED) is 0.578. The van der Waals surface area contributed by atoms with Crippen molar-refractivity contribution in [3.05, 3.63) is 78.2 Å². The summed E-state index contributed by atoms with van der Waals surface area (Å²) in [6, 6.07) is 16.3. The molecule has 0 radical (unpaired) electrons. The molecule has 0 aliphatic rings. The number of fused-ring (bicyclic) bond motifs is 1. The van der Waals surface area contributed by atoms with Crippen molar-refractivity contribution < 1.29 is 0 Å². The van der Waals surface area contributed by atoms with Gasteiger partial charge in [-0.2, -0.15) is 9.61 Å². The Morgan fingerprint density at radius 2 is 1.81 bits per heavy atom. The third kappa shape index (κ3) is 3.16. The monoisotopic (exact) mass is 343 g/mol. The second kappa shape index (κ2) is 6.96. The van der Waals surface area contributed by atoms with Crippen molar-refractivity contribution in [3.8, 4) is 11.3 Å². The van der Waals surface area contributed by atoms with Crippen molar-refractivity contribution in [2.75, 3.05) is 5.32 Å². The van der Waals surface area contributed by atoms with E-state index in [4.69, 9.17) is 4.98 Å². The lowest BCUT2D eigenvalue weighted by atomic mass is 10.1. The molecule has 0 saturated carbocycles. The van der Waals surface area contributed by atoms with Gasteiger partial charge >= 0.3 is 0 Å². The fourth-order valence-corrected chi connectivity index (χ4v) is 2.96. The summed E-state index contributed by atoms with van der Waals surface area (Å²) in [6.07, 6.45) is 5.53. The predicted molar refractivity (Wildman–Crippen MR) is 104 cm³/mol. The SMILES string of the molecule is CC(C)c1cnn2c(NCc3ccncc3)cc(-c3ccccc3)nc12. The van der Waals surface area contributed by atoms with E-state index in [-0.39, 0.29) is 0 Å². The zero-order chi connectivity index (χ0) is 17.9. The molecule has 1 aromatic carbocycles. The molecule has 5 heteroatoms. The van der Waals surface area contributed by atoms with Gasteiger partial charge in [0.25, 0.3) is 0 Å². The van der Waals surface area contributed by atoms with Crippen molar-refractivity contribution in [2.24, 2.45) is 0 Å². The summed E-state index contributed by atoms with van der Waals surface area (Å²) in [5, 5.41) is 8.07. The average molecular weight is 343 g/mol. The van der Waals surface area contributed by atoms with E-state index in [1.54, 1.807) is 12.4 Å². The average Bonchev–Trinajstić information content (AvgIpc) is 3.12. The molecule has 0 spiro atoms. The number of hydrogen-bond acceptors (Lipinski definition) is 4. The van der Waals surface area contributed by atoms with Crippen LogP contribution in [0.5, 0.6) is 0 Å². The van der Waals surface area contributed by atoms with Crippen LogP contribution in [0, 0.1) is 0 Å². The Morgan fingerprint density at radius 1 is 1.04 bits per heavy atom. The zero-order valence-electron chi connectivity index (χ0n) is 14.9. The Morgan fingerprint density at radius 3 is 2.54 bits per heavy atom. The van der Waals surface area contributed by atoms with Crippen LogP contribution in [0.1, 0.15) is 30.9 Å². The normalized spacial score (nSPS) is 11.2. The molecule has 0 unspecified atom stereocenters. The standard InChI is InChI=1S/C21H21N5/c1-15(2)18-14-24-26-20(23-13-16-8-10-22-11-9-16)12-19(25-21(18)26)17-6-4-3-5-7-17/h3-12,14-15,23H,13H2,1-2H3. The number of benzene rings is 1. The summed E-state index contributed by atoms with van der Waals surface area (Å²) < 4.78 is 1.89. The van der Waals surface area contributed by atoms with E-state index >= 15 is 0 Å². The van der Waals surface area contributed by atoms with E-state index in [9.17, 15) is 0 Å². The van der Waals surface area contributed by atoms with Crippen molar-refractivity contribution in [3.63, 3.8) is 0 Å². The highest BCUT2D eigenvalue weighted by Gasteiger charge is 2.14. The van der Waals surface area contributed by atoms with Gasteiger partial charge in [0.05, 0.1) is 11.9 Å². The van der Waals surface area contributed by atoms with Crippen LogP contribution in [0.3, 0.4) is 0 Å². The van der Waals surface area contributed by atoms with E-state index in [1.165, 1.54) is 5.56 Å². The summed E-state index contributed by atoms with van der Waals surface area (Å²) >= 11 is 0. The number of nitrogens with zero attached hydrogens (tertiary/aromatic N) is 4. The van der Waals surface area contributed by atoms with E-state index in [2.05, 4.69) is 47.4 Å². The third-order valence-corrected chi connectivity index (χ3v) is 4.41. The Hall–Kier alpha value is -3.21. The first kappa shape index (κ1) is 16.3. The number of hydrogen-bond donors (Lipinski definition) is 1. The van der Waals surface area contributed by atoms with Gasteiger partial charge in [0.1, 0.15) is 5.82 Å². The van der Waals surface area contributed by atoms with Gasteiger partial charge in [-0.25, -0.2) is 4.98 Å². The number of anilines is 1. The molecule has 4 rings (SSSR count). The van der Waals surface area contributed by atoms with Gasteiger partial charge in [-0.15, -0.1) is 0 Å². The molecule has 0 aliphatic carbocycles. The molecule has 0 fully saturated rings. The zero-order valence-corrected chi connectivity index (χ0v) is 14.9. The maximum atomic E-state index is 4.89. The molecule has 5 nitrogen and oxygen atoms in total. The highest BCUT2D eigenvalue weighted by Crippen LogP contribution is 2.26. The van der Waals surface area contributed by atoms with Crippen LogP contribution in [0.4, 0.5) is 5.82 Å². The van der Waals surface area contributed by atoms with Crippen molar-refractivity contribution in [2.45, 2.75) is 26.3 Å². The van der Waals surface area contributed by atoms with Gasteiger partial charge in [-0.1, -0.05) is 44.2 Å². The molecule has 0 bridgehead atoms. The lowest BCUT2D eigenvalue weighted by molar-refractivity contribution is 0.872. The predicted octanol–water partition coefficient (Wildman–Crippen LogP) is 4.53. The van der Waals surface area contributed by atoms with E-state index in [0.717, 1.165) is 28.3 Å². The first-order valence-corrected chi connectivity index (χ1v) is 8.79. The lowest BCUT2D eigenvalue weighted by Gasteiger charge is -2.12. The minimum atomic E-state index is 0.360. The number of rotatable bonds is 5. The van der Waals surface area contributed by atoms with Gasteiger partial charge in [-0.05, 0) is 23.6 Å². The molecule has 0 atom stereocenters. The van der Waals surface area contributed by atoms with Gasteiger partial charge in [-0.3, -0.25) is 4.98 Å². The molecule has 4 aromatic rings. The van der Waals surface area contributed by atoms with Crippen LogP contribution in [0.25, 0.3) is 16.9 Å². The second-order valence-electron chi connectivity index (χ2n) is 6.59. The Labute approximate surface area is 152 Å². The van der Waals surface area contributed by atoms with Crippen LogP contribution < -0.4 is 5.32 Å². The second-order valence-corrected chi connectivity index (χ2v) is 6.59. The van der Waals surface area contributed by atoms with Gasteiger partial charge in [0.2, 0.25) is 0 Å². The van der Waals surface area contributed by atoms with Crippen LogP contribution in [0.2, 0.25) is 0 Å². The fraction of sp³-hybridized carbons (Fsp3) is 0.190. The van der Waals surface area contributed by atoms with Crippen LogP contribution in [-0.4, -0.2) is 19.6 Å². The summed E-state index contributed by atoms with van der Waals surface area (Å²) in [7, 11) is 0. The highest BCUT2D eigenvalue weighted by atomic mass is 15.3. The molecule has 130 valence electrons. The summed E-state index contributed by atoms with van der Waals surface area (Å²) in [4.78, 5) is 8.96. The van der Waals surface area contributed by atoms with E-state index in [1.807, 2.05) is 41.0 Å². The van der Waals surface area contributed by atoms with Crippen LogP contribution in [-0.2, 0) is 6.54 Å². The molecule has 3 aromatic heterocycles. The van der Waals surface area contributed by atoms with Gasteiger partial charge < -0.3 is 5.32 Å². The maximum Gasteiger partial charge on any atom is 0.161 e. The molecule has 0 aliphatic heterocycles. The van der Waals surface area contributed by atoms with Crippen LogP contribution >= 0.6 is 0 Å². The van der Waals surface area contributed by atoms with Crippen molar-refractivity contribution >= 4 is 11.5 Å².